The van der Waals surface area contributed by atoms with E-state index < -0.39 is 0 Å². The van der Waals surface area contributed by atoms with Crippen LogP contribution >= 0.6 is 0 Å². The number of hydrogen-bond donors (Lipinski definition) is 0. The van der Waals surface area contributed by atoms with Gasteiger partial charge in [-0.1, -0.05) is 48.9 Å². The van der Waals surface area contributed by atoms with Gasteiger partial charge in [-0.05, 0) is 48.1 Å². The molecule has 4 nitrogen and oxygen atoms in total. The summed E-state index contributed by atoms with van der Waals surface area (Å²) in [5.74, 6) is -0.268. The monoisotopic (exact) mass is 420 g/mol. The van der Waals surface area contributed by atoms with Crippen molar-refractivity contribution in [2.24, 2.45) is 11.8 Å². The second-order valence-corrected chi connectivity index (χ2v) is 8.55. The molecule has 5 heteroatoms. The molecule has 2 amide bonds. The van der Waals surface area contributed by atoms with E-state index in [0.29, 0.717) is 32.6 Å². The van der Waals surface area contributed by atoms with E-state index in [1.54, 1.807) is 17.0 Å². The highest BCUT2D eigenvalue weighted by molar-refractivity contribution is 5.84. The van der Waals surface area contributed by atoms with Gasteiger partial charge in [0.2, 0.25) is 11.8 Å². The van der Waals surface area contributed by atoms with Crippen molar-refractivity contribution in [1.82, 2.24) is 9.80 Å². The van der Waals surface area contributed by atoms with Crippen LogP contribution in [0.1, 0.15) is 24.8 Å². The van der Waals surface area contributed by atoms with Crippen LogP contribution in [0, 0.1) is 17.7 Å². The highest BCUT2D eigenvalue weighted by atomic mass is 19.1. The minimum absolute atomic E-state index is 0.0536. The summed E-state index contributed by atoms with van der Waals surface area (Å²) in [7, 11) is 0. The van der Waals surface area contributed by atoms with E-state index >= 15 is 0 Å². The summed E-state index contributed by atoms with van der Waals surface area (Å²) in [6.07, 6.45) is 5.25. The van der Waals surface area contributed by atoms with Crippen LogP contribution in [0.5, 0.6) is 0 Å². The van der Waals surface area contributed by atoms with Gasteiger partial charge < -0.3 is 9.80 Å². The van der Waals surface area contributed by atoms with Crippen LogP contribution in [-0.2, 0) is 16.0 Å². The molecule has 1 unspecified atom stereocenters. The van der Waals surface area contributed by atoms with Gasteiger partial charge in [0.15, 0.2) is 0 Å². The van der Waals surface area contributed by atoms with Gasteiger partial charge in [-0.25, -0.2) is 4.39 Å². The van der Waals surface area contributed by atoms with Crippen molar-refractivity contribution in [2.45, 2.75) is 25.7 Å². The predicted molar refractivity (Wildman–Crippen MR) is 120 cm³/mol. The molecule has 1 saturated carbocycles. The summed E-state index contributed by atoms with van der Waals surface area (Å²) in [6, 6.07) is 14.4. The molecule has 1 atom stereocenters. The Morgan fingerprint density at radius 2 is 1.94 bits per heavy atom. The Balaban J connectivity index is 1.62. The van der Waals surface area contributed by atoms with Crippen molar-refractivity contribution >= 4 is 11.8 Å². The number of carbonyl (C=O) groups excluding carboxylic acids is 2. The maximum absolute atomic E-state index is 13.8. The topological polar surface area (TPSA) is 40.6 Å². The molecule has 162 valence electrons. The molecule has 1 heterocycles. The third-order valence-corrected chi connectivity index (χ3v) is 6.48. The molecular formula is C26H29FN2O2. The fraction of sp³-hybridized carbons (Fsp3) is 0.385. The molecule has 2 aliphatic rings. The molecule has 0 aromatic heterocycles. The van der Waals surface area contributed by atoms with E-state index in [4.69, 9.17) is 0 Å². The van der Waals surface area contributed by atoms with Crippen molar-refractivity contribution in [1.29, 1.82) is 0 Å². The van der Waals surface area contributed by atoms with Gasteiger partial charge in [0, 0.05) is 32.1 Å². The van der Waals surface area contributed by atoms with E-state index in [2.05, 4.69) is 6.58 Å². The van der Waals surface area contributed by atoms with Gasteiger partial charge in [0.25, 0.3) is 0 Å². The summed E-state index contributed by atoms with van der Waals surface area (Å²) >= 11 is 0. The van der Waals surface area contributed by atoms with Crippen LogP contribution in [0.4, 0.5) is 4.39 Å². The largest absolute Gasteiger partial charge is 0.340 e. The Hall–Kier alpha value is -2.95. The highest BCUT2D eigenvalue weighted by Gasteiger charge is 2.36. The van der Waals surface area contributed by atoms with Crippen molar-refractivity contribution in [3.63, 3.8) is 0 Å². The number of nitrogens with zero attached hydrogens (tertiary/aromatic N) is 2. The van der Waals surface area contributed by atoms with Crippen molar-refractivity contribution in [2.75, 3.05) is 26.2 Å². The van der Waals surface area contributed by atoms with Gasteiger partial charge in [-0.2, -0.15) is 0 Å². The summed E-state index contributed by atoms with van der Waals surface area (Å²) in [6.45, 7) is 5.79. The Morgan fingerprint density at radius 1 is 1.13 bits per heavy atom. The molecule has 2 fully saturated rings. The van der Waals surface area contributed by atoms with E-state index in [0.717, 1.165) is 36.0 Å². The maximum Gasteiger partial charge on any atom is 0.228 e. The lowest BCUT2D eigenvalue weighted by Crippen LogP contribution is -2.42. The van der Waals surface area contributed by atoms with Gasteiger partial charge >= 0.3 is 0 Å². The molecule has 0 N–H and O–H groups in total. The molecule has 2 aromatic rings. The first kappa shape index (κ1) is 21.3. The fourth-order valence-corrected chi connectivity index (χ4v) is 4.55. The smallest absolute Gasteiger partial charge is 0.228 e. The van der Waals surface area contributed by atoms with E-state index in [9.17, 15) is 14.0 Å². The Morgan fingerprint density at radius 3 is 2.65 bits per heavy atom. The zero-order chi connectivity index (χ0) is 21.8. The second kappa shape index (κ2) is 9.46. The van der Waals surface area contributed by atoms with Gasteiger partial charge in [-0.15, -0.1) is 6.58 Å². The highest BCUT2D eigenvalue weighted by Crippen LogP contribution is 2.31. The molecular weight excluding hydrogens is 391 g/mol. The maximum atomic E-state index is 13.8. The first-order chi connectivity index (χ1) is 15.1. The zero-order valence-corrected chi connectivity index (χ0v) is 17.8. The number of benzene rings is 2. The van der Waals surface area contributed by atoms with Crippen LogP contribution in [0.2, 0.25) is 0 Å². The van der Waals surface area contributed by atoms with E-state index in [-0.39, 0.29) is 29.5 Å². The molecule has 1 aliphatic carbocycles. The van der Waals surface area contributed by atoms with Crippen molar-refractivity contribution in [3.05, 3.63) is 72.6 Å². The molecule has 31 heavy (non-hydrogen) atoms. The molecule has 1 aliphatic heterocycles. The average Bonchev–Trinajstić information content (AvgIpc) is 2.87. The van der Waals surface area contributed by atoms with Crippen molar-refractivity contribution < 1.29 is 14.0 Å². The standard InChI is InChI=1S/C26H29FN2O2/c1-2-13-28-14-15-29(25(30)19-8-5-9-19)18-22(26(28)31)16-20-7-3-4-12-24(20)21-10-6-11-23(27)17-21/h2-4,6-7,10-12,17,19,22H,1,5,8-9,13-16,18H2. The molecule has 2 aromatic carbocycles. The molecule has 0 bridgehead atoms. The Labute approximate surface area is 183 Å². The third kappa shape index (κ3) is 4.71. The van der Waals surface area contributed by atoms with Crippen LogP contribution in [0.25, 0.3) is 11.1 Å². The molecule has 1 saturated heterocycles. The van der Waals surface area contributed by atoms with Crippen molar-refractivity contribution in [3.8, 4) is 11.1 Å². The first-order valence-corrected chi connectivity index (χ1v) is 11.1. The Kier molecular flexibility index (Phi) is 6.50. The van der Waals surface area contributed by atoms with Crippen LogP contribution < -0.4 is 0 Å². The normalized spacial score (nSPS) is 19.6. The fourth-order valence-electron chi connectivity index (χ4n) is 4.55. The second-order valence-electron chi connectivity index (χ2n) is 8.55. The number of rotatable bonds is 6. The van der Waals surface area contributed by atoms with Gasteiger partial charge in [-0.3, -0.25) is 9.59 Å². The lowest BCUT2D eigenvalue weighted by molar-refractivity contribution is -0.138. The lowest BCUT2D eigenvalue weighted by atomic mass is 9.84. The number of halogens is 1. The minimum atomic E-state index is -0.332. The van der Waals surface area contributed by atoms with E-state index in [1.165, 1.54) is 12.1 Å². The third-order valence-electron chi connectivity index (χ3n) is 6.48. The Bertz CT molecular complexity index is 969. The molecule has 0 radical (unpaired) electrons. The average molecular weight is 421 g/mol. The van der Waals surface area contributed by atoms with Gasteiger partial charge in [0.1, 0.15) is 5.82 Å². The molecule has 0 spiro atoms. The summed E-state index contributed by atoms with van der Waals surface area (Å²) < 4.78 is 13.8. The lowest BCUT2D eigenvalue weighted by Gasteiger charge is -2.32. The summed E-state index contributed by atoms with van der Waals surface area (Å²) in [5.41, 5.74) is 2.70. The minimum Gasteiger partial charge on any atom is -0.340 e. The van der Waals surface area contributed by atoms with Crippen LogP contribution in [0.3, 0.4) is 0 Å². The van der Waals surface area contributed by atoms with Crippen LogP contribution in [-0.4, -0.2) is 47.8 Å². The van der Waals surface area contributed by atoms with Crippen LogP contribution in [0.15, 0.2) is 61.2 Å². The van der Waals surface area contributed by atoms with Gasteiger partial charge in [0.05, 0.1) is 5.92 Å². The number of amides is 2. The summed E-state index contributed by atoms with van der Waals surface area (Å²) in [5, 5.41) is 0. The quantitative estimate of drug-likeness (QED) is 0.654. The predicted octanol–water partition coefficient (Wildman–Crippen LogP) is 4.31. The number of carbonyl (C=O) groups is 2. The first-order valence-electron chi connectivity index (χ1n) is 11.1. The molecule has 4 rings (SSSR count). The van der Waals surface area contributed by atoms with E-state index in [1.807, 2.05) is 35.2 Å². The summed E-state index contributed by atoms with van der Waals surface area (Å²) in [4.78, 5) is 30.0. The zero-order valence-electron chi connectivity index (χ0n) is 17.8. The SMILES string of the molecule is C=CCN1CCN(C(=O)C2CCC2)CC(Cc2ccccc2-c2cccc(F)c2)C1=O. The number of hydrogen-bond acceptors (Lipinski definition) is 2.